The fourth-order valence-electron chi connectivity index (χ4n) is 9.15. The van der Waals surface area contributed by atoms with E-state index in [1.807, 2.05) is 0 Å². The first-order chi connectivity index (χ1) is 39.2. The maximum atomic E-state index is 9.87. The average Bonchev–Trinajstić information content (AvgIpc) is 3.38. The molecule has 0 amide bonds. The van der Waals surface area contributed by atoms with Gasteiger partial charge in [-0.3, -0.25) is 0 Å². The van der Waals surface area contributed by atoms with Crippen LogP contribution < -0.4 is 0 Å². The summed E-state index contributed by atoms with van der Waals surface area (Å²) in [6, 6.07) is 43.2. The van der Waals surface area contributed by atoms with E-state index >= 15 is 0 Å². The molecule has 4 aromatic rings. The molecule has 88 heavy (non-hydrogen) atoms. The minimum absolute atomic E-state index is 0.917. The zero-order chi connectivity index (χ0) is 67.9. The van der Waals surface area contributed by atoms with E-state index in [-0.39, 0.29) is 0 Å². The fraction of sp³-hybridized carbons (Fsp3) is 0.538. The van der Waals surface area contributed by atoms with Crippen LogP contribution in [-0.2, 0) is 45.1 Å². The molecule has 0 N–H and O–H groups in total. The number of ether oxygens (including phenoxy) is 4. The molecule has 0 saturated carbocycles. The van der Waals surface area contributed by atoms with Crippen LogP contribution >= 0.6 is 31.2 Å². The van der Waals surface area contributed by atoms with Crippen LogP contribution in [0.4, 0.5) is 101 Å². The third-order valence-electron chi connectivity index (χ3n) is 13.8. The van der Waals surface area contributed by atoms with Crippen molar-refractivity contribution in [3.63, 3.8) is 0 Å². The Hall–Kier alpha value is -3.40. The van der Waals surface area contributed by atoms with Gasteiger partial charge in [-0.1, -0.05) is 121 Å². The van der Waals surface area contributed by atoms with Gasteiger partial charge in [-0.15, -0.1) is 0 Å². The van der Waals surface area contributed by atoms with Crippen molar-refractivity contribution in [1.29, 1.82) is 0 Å². The zero-order valence-electron chi connectivity index (χ0n) is 48.8. The van der Waals surface area contributed by atoms with Gasteiger partial charge < -0.3 is 36.9 Å². The van der Waals surface area contributed by atoms with Crippen molar-refractivity contribution in [2.45, 2.75) is 53.9 Å². The molecular weight excluding hydrogens is 1320 g/mol. The molecule has 520 valence electrons. The van der Waals surface area contributed by atoms with Gasteiger partial charge in [-0.2, -0.15) is 0 Å². The van der Waals surface area contributed by atoms with Crippen LogP contribution in [-0.4, -0.2) is 149 Å². The number of benzene rings is 4. The summed E-state index contributed by atoms with van der Waals surface area (Å²) in [5, 5.41) is 0. The first-order valence-corrected chi connectivity index (χ1v) is 35.4. The summed E-state index contributed by atoms with van der Waals surface area (Å²) in [7, 11) is -42.6. The third-order valence-corrected chi connectivity index (χ3v) is 13.8. The second kappa shape index (κ2) is 28.9. The topological polar surface area (TPSA) is 36.9 Å². The molecule has 8 rings (SSSR count). The first kappa shape index (κ1) is 82.6. The van der Waals surface area contributed by atoms with E-state index < -0.39 is 31.2 Å². The second-order valence-corrected chi connectivity index (χ2v) is 28.9. The van der Waals surface area contributed by atoms with Gasteiger partial charge in [0.1, 0.15) is 78.5 Å². The minimum atomic E-state index is -10.7. The normalized spacial score (nSPS) is 21.0. The number of likely N-dealkylation sites (N-methyl/N-ethyl adjacent to an activating group) is 4. The Balaban J connectivity index is 0.000000516. The molecule has 4 aromatic carbocycles. The van der Waals surface area contributed by atoms with Gasteiger partial charge in [0.25, 0.3) is 0 Å². The van der Waals surface area contributed by atoms with E-state index in [2.05, 4.69) is 149 Å². The van der Waals surface area contributed by atoms with Crippen molar-refractivity contribution < 1.29 is 138 Å². The van der Waals surface area contributed by atoms with Crippen molar-refractivity contribution in [3.05, 3.63) is 144 Å². The summed E-state index contributed by atoms with van der Waals surface area (Å²) in [4.78, 5) is 0. The molecule has 4 heterocycles. The van der Waals surface area contributed by atoms with E-state index in [0.29, 0.717) is 0 Å². The Morgan fingerprint density at radius 3 is 0.455 bits per heavy atom. The molecule has 0 spiro atoms. The molecule has 8 nitrogen and oxygen atoms in total. The number of halogens is 24. The zero-order valence-corrected chi connectivity index (χ0v) is 52.4. The van der Waals surface area contributed by atoms with Crippen LogP contribution in [0.3, 0.4) is 0 Å². The fourth-order valence-corrected chi connectivity index (χ4v) is 9.15. The summed E-state index contributed by atoms with van der Waals surface area (Å²) in [5.74, 6) is 0. The molecule has 0 aromatic heterocycles. The predicted molar refractivity (Wildman–Crippen MR) is 300 cm³/mol. The Labute approximate surface area is 496 Å². The molecular formula is C52H80F24N4O4P4. The molecule has 36 heteroatoms. The van der Waals surface area contributed by atoms with E-state index in [1.165, 1.54) is 66.4 Å². The first-order valence-electron chi connectivity index (χ1n) is 27.3. The molecule has 0 bridgehead atoms. The standard InChI is InChI=1S/4C13H20NO.4F6P/c4*1-2-14(8-10-15-11-9-14)12-13-6-4-3-5-7-13;4*1-7(2,3,4,5)6/h4*3-7H,2,8-12H2,1H3;;;;/q4*+1;4*-1. The molecule has 0 atom stereocenters. The Morgan fingerprint density at radius 1 is 0.239 bits per heavy atom. The second-order valence-electron chi connectivity index (χ2n) is 21.3. The molecule has 0 radical (unpaired) electrons. The van der Waals surface area contributed by atoms with Crippen LogP contribution in [0.5, 0.6) is 0 Å². The van der Waals surface area contributed by atoms with Crippen molar-refractivity contribution >= 4 is 31.2 Å². The SMILES string of the molecule is CC[N+]1(Cc2ccccc2)CCOCC1.CC[N+]1(Cc2ccccc2)CCOCC1.CC[N+]1(Cc2ccccc2)CCOCC1.CC[N+]1(Cc2ccccc2)CCOCC1.F[P-](F)(F)(F)(F)F.F[P-](F)(F)(F)(F)F.F[P-](F)(F)(F)(F)F.F[P-](F)(F)(F)(F)F. The van der Waals surface area contributed by atoms with Crippen LogP contribution in [0.1, 0.15) is 49.9 Å². The van der Waals surface area contributed by atoms with Gasteiger partial charge >= 0.3 is 132 Å². The van der Waals surface area contributed by atoms with Gasteiger partial charge in [0, 0.05) is 22.3 Å². The van der Waals surface area contributed by atoms with Crippen molar-refractivity contribution in [2.75, 3.05) is 131 Å². The van der Waals surface area contributed by atoms with Crippen molar-refractivity contribution in [3.8, 4) is 0 Å². The van der Waals surface area contributed by atoms with Crippen LogP contribution in [0, 0.1) is 0 Å². The van der Waals surface area contributed by atoms with Gasteiger partial charge in [0.15, 0.2) is 0 Å². The molecule has 4 aliphatic heterocycles. The van der Waals surface area contributed by atoms with Gasteiger partial charge in [-0.25, -0.2) is 0 Å². The van der Waals surface area contributed by atoms with E-state index in [1.54, 1.807) is 0 Å². The third kappa shape index (κ3) is 54.3. The number of quaternary nitrogens is 4. The van der Waals surface area contributed by atoms with Crippen molar-refractivity contribution in [1.82, 2.24) is 0 Å². The molecule has 0 unspecified atom stereocenters. The van der Waals surface area contributed by atoms with Crippen LogP contribution in [0.2, 0.25) is 0 Å². The van der Waals surface area contributed by atoms with E-state index in [9.17, 15) is 101 Å². The molecule has 4 fully saturated rings. The summed E-state index contributed by atoms with van der Waals surface area (Å²) >= 11 is 0. The number of rotatable bonds is 12. The molecule has 0 aliphatic carbocycles. The summed E-state index contributed by atoms with van der Waals surface area (Å²) in [5.41, 5.74) is 5.78. The van der Waals surface area contributed by atoms with Crippen LogP contribution in [0.25, 0.3) is 0 Å². The maximum absolute atomic E-state index is 10.7. The Morgan fingerprint density at radius 2 is 0.352 bits per heavy atom. The summed E-state index contributed by atoms with van der Waals surface area (Å²) in [6.45, 7) is 35.2. The quantitative estimate of drug-likeness (QED) is 0.0805. The van der Waals surface area contributed by atoms with Crippen LogP contribution in [0.15, 0.2) is 121 Å². The van der Waals surface area contributed by atoms with Gasteiger partial charge in [0.05, 0.1) is 79.0 Å². The number of morpholine rings is 4. The summed E-state index contributed by atoms with van der Waals surface area (Å²) < 4.78 is 263. The molecule has 4 aliphatic rings. The predicted octanol–water partition coefficient (Wildman–Crippen LogP) is 21.7. The number of nitrogens with zero attached hydrogens (tertiary/aromatic N) is 4. The summed E-state index contributed by atoms with van der Waals surface area (Å²) in [6.07, 6.45) is 0. The van der Waals surface area contributed by atoms with E-state index in [0.717, 1.165) is 131 Å². The number of hydrogen-bond acceptors (Lipinski definition) is 4. The van der Waals surface area contributed by atoms with Crippen molar-refractivity contribution in [2.24, 2.45) is 0 Å². The van der Waals surface area contributed by atoms with Gasteiger partial charge in [-0.05, 0) is 27.7 Å². The molecule has 4 saturated heterocycles. The van der Waals surface area contributed by atoms with E-state index in [4.69, 9.17) is 18.9 Å². The average molecular weight is 1410 g/mol. The van der Waals surface area contributed by atoms with Gasteiger partial charge in [0.2, 0.25) is 0 Å². The monoisotopic (exact) mass is 1400 g/mol. The Kier molecular flexibility index (Phi) is 27.1. The Bertz CT molecular complexity index is 2210. The number of hydrogen-bond donors (Lipinski definition) is 0.